The minimum atomic E-state index is 0.224. The molecule has 0 amide bonds. The van der Waals surface area contributed by atoms with Gasteiger partial charge in [0.1, 0.15) is 5.58 Å². The van der Waals surface area contributed by atoms with Crippen LogP contribution in [0.3, 0.4) is 0 Å². The highest BCUT2D eigenvalue weighted by Crippen LogP contribution is 2.20. The van der Waals surface area contributed by atoms with Crippen LogP contribution in [0.15, 0.2) is 34.9 Å². The number of hydrogen-bond acceptors (Lipinski definition) is 3. The minimum Gasteiger partial charge on any atom is -0.464 e. The third-order valence-electron chi connectivity index (χ3n) is 3.36. The quantitative estimate of drug-likeness (QED) is 0.825. The molecule has 1 unspecified atom stereocenters. The average molecular weight is 247 g/mol. The summed E-state index contributed by atoms with van der Waals surface area (Å²) in [6.07, 6.45) is 2.60. The van der Waals surface area contributed by atoms with E-state index in [1.807, 2.05) is 24.5 Å². The molecule has 0 aliphatic carbocycles. The number of nitrogens with one attached hydrogen (secondary N) is 1. The van der Waals surface area contributed by atoms with Gasteiger partial charge in [-0.2, -0.15) is 0 Å². The summed E-state index contributed by atoms with van der Waals surface area (Å²) in [6, 6.07) is 8.39. The molecule has 2 N–H and O–H groups in total. The van der Waals surface area contributed by atoms with E-state index in [2.05, 4.69) is 25.2 Å². The molecule has 3 heteroatoms. The van der Waals surface area contributed by atoms with Crippen molar-refractivity contribution in [2.45, 2.75) is 32.9 Å². The third kappa shape index (κ3) is 2.92. The lowest BCUT2D eigenvalue weighted by atomic mass is 10.0. The highest BCUT2D eigenvalue weighted by Gasteiger charge is 2.13. The second kappa shape index (κ2) is 6.03. The van der Waals surface area contributed by atoms with Crippen LogP contribution in [-0.2, 0) is 6.54 Å². The van der Waals surface area contributed by atoms with Crippen LogP contribution >= 0.6 is 0 Å². The zero-order valence-electron chi connectivity index (χ0n) is 11.0. The number of rotatable bonds is 6. The predicted octanol–water partition coefficient (Wildman–Crippen LogP) is 2.93. The van der Waals surface area contributed by atoms with Gasteiger partial charge >= 0.3 is 0 Å². The van der Waals surface area contributed by atoms with Crippen LogP contribution in [0.2, 0.25) is 0 Å². The van der Waals surface area contributed by atoms with Crippen LogP contribution in [0, 0.1) is 5.92 Å². The molecule has 0 radical (unpaired) electrons. The number of aliphatic hydroxyl groups excluding tert-OH is 1. The Hall–Kier alpha value is -1.32. The summed E-state index contributed by atoms with van der Waals surface area (Å²) in [4.78, 5) is 0. The summed E-state index contributed by atoms with van der Waals surface area (Å²) >= 11 is 0. The fourth-order valence-electron chi connectivity index (χ4n) is 2.22. The number of para-hydroxylation sites is 1. The first-order chi connectivity index (χ1) is 8.72. The normalized spacial score (nSPS) is 13.3. The molecule has 0 bridgehead atoms. The molecule has 0 spiro atoms. The van der Waals surface area contributed by atoms with E-state index in [-0.39, 0.29) is 6.61 Å². The van der Waals surface area contributed by atoms with E-state index in [1.54, 1.807) is 0 Å². The van der Waals surface area contributed by atoms with Crippen molar-refractivity contribution in [3.63, 3.8) is 0 Å². The van der Waals surface area contributed by atoms with E-state index < -0.39 is 0 Å². The average Bonchev–Trinajstić information content (AvgIpc) is 2.77. The summed E-state index contributed by atoms with van der Waals surface area (Å²) < 4.78 is 5.51. The van der Waals surface area contributed by atoms with Crippen molar-refractivity contribution >= 4 is 11.0 Å². The van der Waals surface area contributed by atoms with Gasteiger partial charge in [-0.3, -0.25) is 0 Å². The van der Waals surface area contributed by atoms with Crippen molar-refractivity contribution in [1.29, 1.82) is 0 Å². The molecule has 0 aliphatic rings. The van der Waals surface area contributed by atoms with E-state index in [1.165, 1.54) is 5.56 Å². The molecule has 2 aromatic rings. The lowest BCUT2D eigenvalue weighted by Gasteiger charge is -2.21. The van der Waals surface area contributed by atoms with Gasteiger partial charge in [0.05, 0.1) is 6.26 Å². The van der Waals surface area contributed by atoms with E-state index in [9.17, 15) is 0 Å². The van der Waals surface area contributed by atoms with Crippen LogP contribution in [0.4, 0.5) is 0 Å². The van der Waals surface area contributed by atoms with E-state index in [4.69, 9.17) is 9.52 Å². The maximum atomic E-state index is 9.06. The Bertz CT molecular complexity index is 490. The van der Waals surface area contributed by atoms with Crippen LogP contribution < -0.4 is 5.32 Å². The smallest absolute Gasteiger partial charge is 0.134 e. The molecule has 3 nitrogen and oxygen atoms in total. The molecule has 0 fully saturated rings. The molecule has 0 saturated heterocycles. The first kappa shape index (κ1) is 13.1. The minimum absolute atomic E-state index is 0.224. The van der Waals surface area contributed by atoms with E-state index in [0.29, 0.717) is 12.0 Å². The van der Waals surface area contributed by atoms with Gasteiger partial charge in [0.2, 0.25) is 0 Å². The fourth-order valence-corrected chi connectivity index (χ4v) is 2.22. The molecule has 1 aromatic heterocycles. The summed E-state index contributed by atoms with van der Waals surface area (Å²) in [5, 5.41) is 13.7. The largest absolute Gasteiger partial charge is 0.464 e. The Morgan fingerprint density at radius 3 is 2.78 bits per heavy atom. The molecule has 0 aliphatic heterocycles. The van der Waals surface area contributed by atoms with Crippen molar-refractivity contribution in [1.82, 2.24) is 5.32 Å². The summed E-state index contributed by atoms with van der Waals surface area (Å²) in [5.41, 5.74) is 2.10. The molecule has 1 atom stereocenters. The fraction of sp³-hybridized carbons (Fsp3) is 0.467. The molecule has 1 aromatic carbocycles. The summed E-state index contributed by atoms with van der Waals surface area (Å²) in [6.45, 7) is 5.34. The van der Waals surface area contributed by atoms with Gasteiger partial charge in [-0.05, 0) is 18.4 Å². The zero-order valence-corrected chi connectivity index (χ0v) is 11.0. The predicted molar refractivity (Wildman–Crippen MR) is 73.4 cm³/mol. The summed E-state index contributed by atoms with van der Waals surface area (Å²) in [7, 11) is 0. The van der Waals surface area contributed by atoms with Gasteiger partial charge in [0, 0.05) is 30.1 Å². The Balaban J connectivity index is 2.05. The van der Waals surface area contributed by atoms with Gasteiger partial charge in [0.25, 0.3) is 0 Å². The maximum Gasteiger partial charge on any atom is 0.134 e. The number of fused-ring (bicyclic) bond motifs is 1. The van der Waals surface area contributed by atoms with Crippen LogP contribution in [0.25, 0.3) is 11.0 Å². The van der Waals surface area contributed by atoms with Crippen LogP contribution in [0.1, 0.15) is 25.8 Å². The van der Waals surface area contributed by atoms with Gasteiger partial charge in [0.15, 0.2) is 0 Å². The van der Waals surface area contributed by atoms with Gasteiger partial charge < -0.3 is 14.8 Å². The summed E-state index contributed by atoms with van der Waals surface area (Å²) in [5.74, 6) is 0.510. The van der Waals surface area contributed by atoms with Crippen LogP contribution in [0.5, 0.6) is 0 Å². The lowest BCUT2D eigenvalue weighted by molar-refractivity contribution is 0.244. The Morgan fingerprint density at radius 1 is 1.28 bits per heavy atom. The van der Waals surface area contributed by atoms with Gasteiger partial charge in [-0.25, -0.2) is 0 Å². The van der Waals surface area contributed by atoms with Crippen molar-refractivity contribution in [3.05, 3.63) is 36.1 Å². The number of furan rings is 1. The number of hydrogen-bond donors (Lipinski definition) is 2. The van der Waals surface area contributed by atoms with Gasteiger partial charge in [-0.15, -0.1) is 0 Å². The Kier molecular flexibility index (Phi) is 4.39. The molecule has 2 rings (SSSR count). The molecular weight excluding hydrogens is 226 g/mol. The molecule has 98 valence electrons. The Morgan fingerprint density at radius 2 is 2.06 bits per heavy atom. The number of benzene rings is 1. The molecular formula is C15H21NO2. The monoisotopic (exact) mass is 247 g/mol. The molecule has 1 heterocycles. The zero-order chi connectivity index (χ0) is 13.0. The van der Waals surface area contributed by atoms with Crippen molar-refractivity contribution in [3.8, 4) is 0 Å². The molecule has 0 saturated carbocycles. The van der Waals surface area contributed by atoms with Crippen molar-refractivity contribution in [2.75, 3.05) is 6.61 Å². The standard InChI is InChI=1S/C15H21NO2/c1-11(2)14(7-8-17)16-9-12-10-18-15-6-4-3-5-13(12)15/h3-6,10-11,14,16-17H,7-9H2,1-2H3. The first-order valence-electron chi connectivity index (χ1n) is 6.51. The Labute approximate surface area is 108 Å². The van der Waals surface area contributed by atoms with E-state index in [0.717, 1.165) is 23.9 Å². The van der Waals surface area contributed by atoms with Crippen molar-refractivity contribution in [2.24, 2.45) is 5.92 Å². The second-order valence-electron chi connectivity index (χ2n) is 5.00. The first-order valence-corrected chi connectivity index (χ1v) is 6.51. The van der Waals surface area contributed by atoms with Crippen molar-refractivity contribution < 1.29 is 9.52 Å². The van der Waals surface area contributed by atoms with Crippen LogP contribution in [-0.4, -0.2) is 17.8 Å². The van der Waals surface area contributed by atoms with E-state index >= 15 is 0 Å². The van der Waals surface area contributed by atoms with Gasteiger partial charge in [-0.1, -0.05) is 32.0 Å². The second-order valence-corrected chi connectivity index (χ2v) is 5.00. The lowest BCUT2D eigenvalue weighted by Crippen LogP contribution is -2.34. The SMILES string of the molecule is CC(C)C(CCO)NCc1coc2ccccc12. The number of aliphatic hydroxyl groups is 1. The third-order valence-corrected chi connectivity index (χ3v) is 3.36. The highest BCUT2D eigenvalue weighted by atomic mass is 16.3. The topological polar surface area (TPSA) is 45.4 Å². The maximum absolute atomic E-state index is 9.06. The molecule has 18 heavy (non-hydrogen) atoms. The highest BCUT2D eigenvalue weighted by molar-refractivity contribution is 5.80.